The van der Waals surface area contributed by atoms with E-state index in [0.717, 1.165) is 0 Å². The van der Waals surface area contributed by atoms with E-state index in [4.69, 9.17) is 0 Å². The van der Waals surface area contributed by atoms with Gasteiger partial charge in [-0.25, -0.2) is 0 Å². The zero-order valence-corrected chi connectivity index (χ0v) is 11.7. The van der Waals surface area contributed by atoms with Crippen LogP contribution in [0.3, 0.4) is 0 Å². The Morgan fingerprint density at radius 1 is 0.875 bits per heavy atom. The molecule has 0 aliphatic carbocycles. The van der Waals surface area contributed by atoms with Gasteiger partial charge in [0.2, 0.25) is 0 Å². The summed E-state index contributed by atoms with van der Waals surface area (Å²) >= 11 is 0. The maximum atomic E-state index is 2.46. The summed E-state index contributed by atoms with van der Waals surface area (Å²) in [7, 11) is 4.48. The van der Waals surface area contributed by atoms with Crippen LogP contribution >= 0.6 is 0 Å². The molecule has 0 N–H and O–H groups in total. The van der Waals surface area contributed by atoms with E-state index in [1.54, 1.807) is 11.4 Å². The van der Waals surface area contributed by atoms with Crippen LogP contribution in [0.25, 0.3) is 0 Å². The standard InChI is InChI=1S/C14H28N2/c1-6-8-10-13-14(11-9-7-2)16(5)12(3)15(13)4/h12H,6-11H2,1-5H3. The predicted molar refractivity (Wildman–Crippen MR) is 71.1 cm³/mol. The van der Waals surface area contributed by atoms with Gasteiger partial charge in [0.1, 0.15) is 0 Å². The van der Waals surface area contributed by atoms with E-state index in [9.17, 15) is 0 Å². The summed E-state index contributed by atoms with van der Waals surface area (Å²) < 4.78 is 0. The minimum absolute atomic E-state index is 0.540. The van der Waals surface area contributed by atoms with Crippen molar-refractivity contribution in [3.05, 3.63) is 11.4 Å². The number of hydrogen-bond acceptors (Lipinski definition) is 2. The molecule has 0 aromatic carbocycles. The molecule has 0 spiro atoms. The monoisotopic (exact) mass is 224 g/mol. The lowest BCUT2D eigenvalue weighted by atomic mass is 10.1. The molecule has 0 saturated heterocycles. The predicted octanol–water partition coefficient (Wildman–Crippen LogP) is 3.80. The number of nitrogens with zero attached hydrogens (tertiary/aromatic N) is 2. The van der Waals surface area contributed by atoms with E-state index < -0.39 is 0 Å². The highest BCUT2D eigenvalue weighted by molar-refractivity contribution is 5.18. The van der Waals surface area contributed by atoms with Crippen molar-refractivity contribution in [1.29, 1.82) is 0 Å². The van der Waals surface area contributed by atoms with Gasteiger partial charge in [0.05, 0.1) is 6.17 Å². The summed E-state index contributed by atoms with van der Waals surface area (Å²) in [6, 6.07) is 0. The normalized spacial score (nSPS) is 17.8. The lowest BCUT2D eigenvalue weighted by molar-refractivity contribution is 0.203. The average Bonchev–Trinajstić information content (AvgIpc) is 2.49. The van der Waals surface area contributed by atoms with Crippen LogP contribution in [0.5, 0.6) is 0 Å². The van der Waals surface area contributed by atoms with Crippen molar-refractivity contribution in [2.45, 2.75) is 65.5 Å². The number of unbranched alkanes of at least 4 members (excludes halogenated alkanes) is 2. The summed E-state index contributed by atoms with van der Waals surface area (Å²) in [5.74, 6) is 0. The Morgan fingerprint density at radius 2 is 1.25 bits per heavy atom. The second-order valence-electron chi connectivity index (χ2n) is 4.95. The summed E-state index contributed by atoms with van der Waals surface area (Å²) in [5.41, 5.74) is 3.18. The minimum atomic E-state index is 0.540. The van der Waals surface area contributed by atoms with E-state index in [2.05, 4.69) is 44.7 Å². The van der Waals surface area contributed by atoms with Gasteiger partial charge < -0.3 is 9.80 Å². The van der Waals surface area contributed by atoms with Crippen LogP contribution in [0.4, 0.5) is 0 Å². The first-order chi connectivity index (χ1) is 7.63. The Morgan fingerprint density at radius 3 is 1.56 bits per heavy atom. The fourth-order valence-electron chi connectivity index (χ4n) is 2.45. The molecule has 0 fully saturated rings. The van der Waals surface area contributed by atoms with Crippen molar-refractivity contribution in [3.8, 4) is 0 Å². The second-order valence-corrected chi connectivity index (χ2v) is 4.95. The molecule has 0 amide bonds. The van der Waals surface area contributed by atoms with Crippen LogP contribution in [0.2, 0.25) is 0 Å². The number of allylic oxidation sites excluding steroid dienone is 2. The van der Waals surface area contributed by atoms with Gasteiger partial charge in [-0.1, -0.05) is 26.7 Å². The second kappa shape index (κ2) is 6.17. The van der Waals surface area contributed by atoms with E-state index in [0.29, 0.717) is 6.17 Å². The van der Waals surface area contributed by atoms with Gasteiger partial charge in [0, 0.05) is 25.5 Å². The summed E-state index contributed by atoms with van der Waals surface area (Å²) in [6.45, 7) is 6.84. The molecule has 0 aromatic rings. The molecule has 1 aliphatic rings. The van der Waals surface area contributed by atoms with E-state index in [-0.39, 0.29) is 0 Å². The van der Waals surface area contributed by atoms with Gasteiger partial charge in [-0.2, -0.15) is 0 Å². The maximum absolute atomic E-state index is 2.46. The Bertz CT molecular complexity index is 221. The first-order valence-electron chi connectivity index (χ1n) is 6.81. The zero-order chi connectivity index (χ0) is 12.1. The maximum Gasteiger partial charge on any atom is 0.0976 e. The van der Waals surface area contributed by atoms with Crippen LogP contribution in [0.15, 0.2) is 11.4 Å². The third-order valence-electron chi connectivity index (χ3n) is 3.84. The fourth-order valence-corrected chi connectivity index (χ4v) is 2.45. The SMILES string of the molecule is CCCCC1=C(CCCC)N(C)C(C)N1C. The molecule has 1 heterocycles. The van der Waals surface area contributed by atoms with Crippen LogP contribution in [0.1, 0.15) is 59.3 Å². The van der Waals surface area contributed by atoms with Crippen LogP contribution in [-0.4, -0.2) is 30.1 Å². The third kappa shape index (κ3) is 2.72. The molecule has 0 atom stereocenters. The van der Waals surface area contributed by atoms with Crippen molar-refractivity contribution in [3.63, 3.8) is 0 Å². The topological polar surface area (TPSA) is 6.48 Å². The van der Waals surface area contributed by atoms with E-state index in [1.807, 2.05) is 0 Å². The van der Waals surface area contributed by atoms with E-state index in [1.165, 1.54) is 38.5 Å². The van der Waals surface area contributed by atoms with Crippen LogP contribution < -0.4 is 0 Å². The first-order valence-corrected chi connectivity index (χ1v) is 6.81. The molecule has 2 heteroatoms. The molecule has 94 valence electrons. The highest BCUT2D eigenvalue weighted by atomic mass is 15.4. The minimum Gasteiger partial charge on any atom is -0.356 e. The van der Waals surface area contributed by atoms with Crippen molar-refractivity contribution in [1.82, 2.24) is 9.80 Å². The smallest absolute Gasteiger partial charge is 0.0976 e. The molecule has 0 bridgehead atoms. The third-order valence-corrected chi connectivity index (χ3v) is 3.84. The van der Waals surface area contributed by atoms with Crippen molar-refractivity contribution in [2.75, 3.05) is 14.1 Å². The largest absolute Gasteiger partial charge is 0.356 e. The lowest BCUT2D eigenvalue weighted by Gasteiger charge is -2.26. The molecule has 2 nitrogen and oxygen atoms in total. The molecule has 0 unspecified atom stereocenters. The zero-order valence-electron chi connectivity index (χ0n) is 11.7. The summed E-state index contributed by atoms with van der Waals surface area (Å²) in [5, 5.41) is 0. The Balaban J connectivity index is 2.76. The van der Waals surface area contributed by atoms with Gasteiger partial charge in [-0.15, -0.1) is 0 Å². The van der Waals surface area contributed by atoms with E-state index >= 15 is 0 Å². The van der Waals surface area contributed by atoms with Crippen molar-refractivity contribution >= 4 is 0 Å². The molecule has 16 heavy (non-hydrogen) atoms. The average molecular weight is 224 g/mol. The summed E-state index contributed by atoms with van der Waals surface area (Å²) in [4.78, 5) is 4.92. The first kappa shape index (κ1) is 13.4. The lowest BCUT2D eigenvalue weighted by Crippen LogP contribution is -2.33. The molecule has 0 saturated carbocycles. The molecule has 1 aliphatic heterocycles. The van der Waals surface area contributed by atoms with Crippen LogP contribution in [-0.2, 0) is 0 Å². The molecule has 0 radical (unpaired) electrons. The molecular weight excluding hydrogens is 196 g/mol. The van der Waals surface area contributed by atoms with Gasteiger partial charge in [0.15, 0.2) is 0 Å². The highest BCUT2D eigenvalue weighted by Gasteiger charge is 2.28. The Hall–Kier alpha value is -0.660. The fraction of sp³-hybridized carbons (Fsp3) is 0.857. The molecular formula is C14H28N2. The van der Waals surface area contributed by atoms with Crippen molar-refractivity contribution < 1.29 is 0 Å². The Kier molecular flexibility index (Phi) is 5.17. The molecule has 0 aromatic heterocycles. The number of rotatable bonds is 6. The summed E-state index contributed by atoms with van der Waals surface area (Å²) in [6.07, 6.45) is 8.25. The molecule has 1 rings (SSSR count). The van der Waals surface area contributed by atoms with Crippen molar-refractivity contribution in [2.24, 2.45) is 0 Å². The van der Waals surface area contributed by atoms with Gasteiger partial charge in [0.25, 0.3) is 0 Å². The Labute approximate surface area is 101 Å². The number of hydrogen-bond donors (Lipinski definition) is 0. The van der Waals surface area contributed by atoms with Gasteiger partial charge in [-0.3, -0.25) is 0 Å². The van der Waals surface area contributed by atoms with Crippen LogP contribution in [0, 0.1) is 0 Å². The van der Waals surface area contributed by atoms with Gasteiger partial charge >= 0.3 is 0 Å². The highest BCUT2D eigenvalue weighted by Crippen LogP contribution is 2.32. The van der Waals surface area contributed by atoms with Gasteiger partial charge in [-0.05, 0) is 32.6 Å². The quantitative estimate of drug-likeness (QED) is 0.677.